The molecule has 164 valence electrons. The van der Waals surface area contributed by atoms with Gasteiger partial charge in [0.25, 0.3) is 0 Å². The van der Waals surface area contributed by atoms with E-state index < -0.39 is 8.80 Å². The maximum atomic E-state index is 2.38. The Labute approximate surface area is 196 Å². The van der Waals surface area contributed by atoms with Crippen molar-refractivity contribution in [2.45, 2.75) is 54.5 Å². The van der Waals surface area contributed by atoms with Crippen molar-refractivity contribution in [1.82, 2.24) is 0 Å². The average molecular weight is 437 g/mol. The first-order valence-electron chi connectivity index (χ1n) is 11.9. The highest BCUT2D eigenvalue weighted by Gasteiger charge is 2.34. The predicted octanol–water partition coefficient (Wildman–Crippen LogP) is 6.70. The molecule has 0 amide bonds. The largest absolute Gasteiger partial charge is 0.105 e. The zero-order valence-corrected chi connectivity index (χ0v) is 21.9. The lowest BCUT2D eigenvalue weighted by molar-refractivity contribution is 0.883. The van der Waals surface area contributed by atoms with Gasteiger partial charge in [-0.25, -0.2) is 0 Å². The monoisotopic (exact) mass is 436 g/mol. The Hall–Kier alpha value is -2.64. The van der Waals surface area contributed by atoms with E-state index in [9.17, 15) is 0 Å². The average Bonchev–Trinajstić information content (AvgIpc) is 2.97. The van der Waals surface area contributed by atoms with Crippen molar-refractivity contribution in [2.75, 3.05) is 0 Å². The lowest BCUT2D eigenvalue weighted by Crippen LogP contribution is -2.48. The molecule has 1 unspecified atom stereocenters. The molecule has 1 atom stereocenters. The molecule has 1 aliphatic rings. The van der Waals surface area contributed by atoms with Gasteiger partial charge in [0.15, 0.2) is 0 Å². The molecule has 0 spiro atoms. The van der Waals surface area contributed by atoms with Crippen LogP contribution in [0.3, 0.4) is 0 Å². The normalized spacial score (nSPS) is 16.4. The van der Waals surface area contributed by atoms with E-state index in [1.807, 2.05) is 0 Å². The fourth-order valence-electron chi connectivity index (χ4n) is 5.94. The Kier molecular flexibility index (Phi) is 6.39. The highest BCUT2D eigenvalue weighted by molar-refractivity contribution is 6.86. The van der Waals surface area contributed by atoms with Gasteiger partial charge in [0.2, 0.25) is 0 Å². The Morgan fingerprint density at radius 2 is 1.03 bits per heavy atom. The summed E-state index contributed by atoms with van der Waals surface area (Å²) in [5.74, 6) is 0.493. The summed E-state index contributed by atoms with van der Waals surface area (Å²) in [4.78, 5) is 0. The van der Waals surface area contributed by atoms with Gasteiger partial charge in [-0.15, -0.1) is 0 Å². The number of benzene rings is 3. The van der Waals surface area contributed by atoms with Crippen LogP contribution in [0.2, 0.25) is 6.04 Å². The minimum atomic E-state index is -1.48. The van der Waals surface area contributed by atoms with Gasteiger partial charge in [-0.3, -0.25) is 0 Å². The van der Waals surface area contributed by atoms with Gasteiger partial charge < -0.3 is 0 Å². The van der Waals surface area contributed by atoms with Crippen LogP contribution in [0.25, 0.3) is 5.57 Å². The molecule has 0 heterocycles. The topological polar surface area (TPSA) is 0 Å². The third-order valence-electron chi connectivity index (χ3n) is 7.77. The van der Waals surface area contributed by atoms with Crippen molar-refractivity contribution in [3.8, 4) is 0 Å². The Balaban J connectivity index is 1.90. The molecule has 3 aromatic carbocycles. The molecule has 0 aromatic heterocycles. The van der Waals surface area contributed by atoms with Gasteiger partial charge in [-0.05, 0) is 76.8 Å². The maximum absolute atomic E-state index is 2.38. The van der Waals surface area contributed by atoms with Crippen LogP contribution in [-0.4, -0.2) is 8.80 Å². The van der Waals surface area contributed by atoms with Crippen molar-refractivity contribution in [1.29, 1.82) is 0 Å². The summed E-state index contributed by atoms with van der Waals surface area (Å²) in [6.07, 6.45) is 0. The van der Waals surface area contributed by atoms with Crippen LogP contribution in [0.1, 0.15) is 48.6 Å². The van der Waals surface area contributed by atoms with Gasteiger partial charge in [-0.1, -0.05) is 105 Å². The van der Waals surface area contributed by atoms with Gasteiger partial charge in [-0.2, -0.15) is 0 Å². The van der Waals surface area contributed by atoms with Crippen molar-refractivity contribution in [3.63, 3.8) is 0 Å². The van der Waals surface area contributed by atoms with Gasteiger partial charge in [0, 0.05) is 5.92 Å². The van der Waals surface area contributed by atoms with E-state index >= 15 is 0 Å². The SMILES string of the molecule is CC1=C(C)C(C[SiH](c2c(C)cccc2C)c2c(C)cccc2C)C(c2ccccc2)=C1C. The number of aryl methyl sites for hydroxylation is 4. The van der Waals surface area contributed by atoms with Crippen LogP contribution >= 0.6 is 0 Å². The summed E-state index contributed by atoms with van der Waals surface area (Å²) < 4.78 is 0. The van der Waals surface area contributed by atoms with Crippen LogP contribution in [0.4, 0.5) is 0 Å². The van der Waals surface area contributed by atoms with E-state index in [2.05, 4.69) is 115 Å². The molecule has 0 saturated heterocycles. The van der Waals surface area contributed by atoms with Crippen LogP contribution in [0.5, 0.6) is 0 Å². The standard InChI is InChI=1S/C31H36Si/c1-20-13-11-14-21(2)30(20)32(31-22(3)15-12-16-23(31)4)19-28-25(6)24(5)26(7)29(28)27-17-9-8-10-18-27/h8-18,28,32H,19H2,1-7H3. The van der Waals surface area contributed by atoms with E-state index in [1.165, 1.54) is 45.0 Å². The third-order valence-corrected chi connectivity index (χ3v) is 11.9. The second-order valence-electron chi connectivity index (χ2n) is 9.66. The van der Waals surface area contributed by atoms with E-state index in [4.69, 9.17) is 0 Å². The van der Waals surface area contributed by atoms with Crippen molar-refractivity contribution in [2.24, 2.45) is 5.92 Å². The zero-order chi connectivity index (χ0) is 23.0. The Morgan fingerprint density at radius 1 is 0.562 bits per heavy atom. The van der Waals surface area contributed by atoms with Crippen molar-refractivity contribution >= 4 is 24.7 Å². The molecular formula is C31H36Si. The molecule has 0 aliphatic heterocycles. The second kappa shape index (κ2) is 9.08. The van der Waals surface area contributed by atoms with Crippen LogP contribution < -0.4 is 10.4 Å². The molecule has 0 N–H and O–H groups in total. The molecule has 1 heteroatoms. The molecule has 0 saturated carbocycles. The molecule has 0 radical (unpaired) electrons. The minimum Gasteiger partial charge on any atom is -0.0629 e. The molecule has 32 heavy (non-hydrogen) atoms. The summed E-state index contributed by atoms with van der Waals surface area (Å²) in [7, 11) is -1.48. The summed E-state index contributed by atoms with van der Waals surface area (Å²) in [5.41, 5.74) is 13.3. The number of hydrogen-bond donors (Lipinski definition) is 0. The second-order valence-corrected chi connectivity index (χ2v) is 12.4. The summed E-state index contributed by atoms with van der Waals surface area (Å²) in [5, 5.41) is 3.29. The zero-order valence-electron chi connectivity index (χ0n) is 20.7. The molecule has 1 aliphatic carbocycles. The van der Waals surface area contributed by atoms with Crippen LogP contribution in [0, 0.1) is 33.6 Å². The first-order chi connectivity index (χ1) is 15.3. The lowest BCUT2D eigenvalue weighted by atomic mass is 9.91. The highest BCUT2D eigenvalue weighted by Crippen LogP contribution is 2.45. The van der Waals surface area contributed by atoms with Gasteiger partial charge in [0.05, 0.1) is 0 Å². The molecule has 0 fully saturated rings. The van der Waals surface area contributed by atoms with Crippen LogP contribution in [-0.2, 0) is 0 Å². The van der Waals surface area contributed by atoms with Gasteiger partial charge in [0.1, 0.15) is 8.80 Å². The molecular weight excluding hydrogens is 400 g/mol. The quantitative estimate of drug-likeness (QED) is 0.390. The third kappa shape index (κ3) is 3.95. The number of hydrogen-bond acceptors (Lipinski definition) is 0. The predicted molar refractivity (Wildman–Crippen MR) is 144 cm³/mol. The summed E-state index contributed by atoms with van der Waals surface area (Å²) in [6.45, 7) is 16.3. The fraction of sp³-hybridized carbons (Fsp3) is 0.290. The smallest absolute Gasteiger partial charge is 0.0629 e. The van der Waals surface area contributed by atoms with Crippen molar-refractivity contribution in [3.05, 3.63) is 111 Å². The van der Waals surface area contributed by atoms with Crippen molar-refractivity contribution < 1.29 is 0 Å². The first-order valence-corrected chi connectivity index (χ1v) is 13.8. The summed E-state index contributed by atoms with van der Waals surface area (Å²) in [6, 6.07) is 26.0. The Bertz CT molecular complexity index is 1120. The first kappa shape index (κ1) is 22.5. The van der Waals surface area contributed by atoms with E-state index in [-0.39, 0.29) is 0 Å². The molecule has 0 nitrogen and oxygen atoms in total. The fourth-order valence-corrected chi connectivity index (χ4v) is 10.3. The number of rotatable bonds is 5. The highest BCUT2D eigenvalue weighted by atomic mass is 28.3. The lowest BCUT2D eigenvalue weighted by Gasteiger charge is -2.29. The van der Waals surface area contributed by atoms with Crippen LogP contribution in [0.15, 0.2) is 83.4 Å². The van der Waals surface area contributed by atoms with E-state index in [0.29, 0.717) is 5.92 Å². The minimum absolute atomic E-state index is 0.493. The maximum Gasteiger partial charge on any atom is 0.105 e. The van der Waals surface area contributed by atoms with E-state index in [1.54, 1.807) is 21.5 Å². The number of allylic oxidation sites excluding steroid dienone is 4. The molecule has 4 rings (SSSR count). The summed E-state index contributed by atoms with van der Waals surface area (Å²) >= 11 is 0. The molecule has 0 bridgehead atoms. The van der Waals surface area contributed by atoms with Gasteiger partial charge >= 0.3 is 0 Å². The van der Waals surface area contributed by atoms with E-state index in [0.717, 1.165) is 0 Å². The Morgan fingerprint density at radius 3 is 1.50 bits per heavy atom. The molecule has 3 aromatic rings.